The molecule has 1 aliphatic heterocycles. The van der Waals surface area contributed by atoms with Gasteiger partial charge in [0.1, 0.15) is 6.26 Å². The minimum Gasteiger partial charge on any atom is -0.432 e. The number of nitrogens with two attached hydrogens (primary N) is 1. The van der Waals surface area contributed by atoms with Crippen molar-refractivity contribution in [3.63, 3.8) is 0 Å². The van der Waals surface area contributed by atoms with Gasteiger partial charge in [0.15, 0.2) is 0 Å². The molecule has 70 valence electrons. The van der Waals surface area contributed by atoms with Crippen LogP contribution in [0.25, 0.3) is 0 Å². The quantitative estimate of drug-likeness (QED) is 0.710. The van der Waals surface area contributed by atoms with Gasteiger partial charge < -0.3 is 15.1 Å². The zero-order valence-corrected chi connectivity index (χ0v) is 7.39. The molecule has 3 rings (SSSR count). The minimum absolute atomic E-state index is 0.767. The summed E-state index contributed by atoms with van der Waals surface area (Å²) in [5.41, 5.74) is 5.63. The van der Waals surface area contributed by atoms with Gasteiger partial charge in [0.2, 0.25) is 0 Å². The smallest absolute Gasteiger partial charge is 0.297 e. The van der Waals surface area contributed by atoms with E-state index < -0.39 is 0 Å². The van der Waals surface area contributed by atoms with Crippen LogP contribution in [0.5, 0.6) is 0 Å². The van der Waals surface area contributed by atoms with E-state index in [-0.39, 0.29) is 0 Å². The molecule has 0 aromatic carbocycles. The van der Waals surface area contributed by atoms with Crippen LogP contribution in [0.3, 0.4) is 0 Å². The van der Waals surface area contributed by atoms with Crippen LogP contribution >= 0.6 is 0 Å². The van der Waals surface area contributed by atoms with Gasteiger partial charge in [-0.15, -0.1) is 0 Å². The average Bonchev–Trinajstić information content (AvgIpc) is 2.68. The third-order valence-corrected chi connectivity index (χ3v) is 3.33. The van der Waals surface area contributed by atoms with Crippen molar-refractivity contribution in [3.8, 4) is 0 Å². The molecule has 2 heterocycles. The normalized spacial score (nSPS) is 36.4. The van der Waals surface area contributed by atoms with E-state index in [4.69, 9.17) is 10.2 Å². The highest BCUT2D eigenvalue weighted by atomic mass is 16.4. The summed E-state index contributed by atoms with van der Waals surface area (Å²) < 4.78 is 5.24. The van der Waals surface area contributed by atoms with Crippen molar-refractivity contribution in [1.29, 1.82) is 0 Å². The second-order valence-corrected chi connectivity index (χ2v) is 3.95. The predicted molar refractivity (Wildman–Crippen MR) is 48.2 cm³/mol. The molecule has 2 fully saturated rings. The number of piperidine rings is 1. The Morgan fingerprint density at radius 1 is 1.54 bits per heavy atom. The first-order valence-electron chi connectivity index (χ1n) is 4.74. The van der Waals surface area contributed by atoms with E-state index in [1.807, 2.05) is 0 Å². The molecule has 4 heteroatoms. The highest BCUT2D eigenvalue weighted by Crippen LogP contribution is 2.51. The molecular formula is C9H13N3O. The Morgan fingerprint density at radius 2 is 2.31 bits per heavy atom. The summed E-state index contributed by atoms with van der Waals surface area (Å²) >= 11 is 0. The van der Waals surface area contributed by atoms with Crippen molar-refractivity contribution >= 4 is 6.01 Å². The maximum Gasteiger partial charge on any atom is 0.297 e. The first kappa shape index (κ1) is 7.38. The van der Waals surface area contributed by atoms with Gasteiger partial charge in [-0.25, -0.2) is 4.98 Å². The fourth-order valence-electron chi connectivity index (χ4n) is 2.53. The molecule has 13 heavy (non-hydrogen) atoms. The molecule has 1 saturated carbocycles. The highest BCUT2D eigenvalue weighted by Gasteiger charge is 2.55. The zero-order chi connectivity index (χ0) is 8.84. The van der Waals surface area contributed by atoms with Crippen molar-refractivity contribution in [3.05, 3.63) is 12.5 Å². The number of oxazole rings is 1. The van der Waals surface area contributed by atoms with Gasteiger partial charge in [0.05, 0.1) is 6.20 Å². The minimum atomic E-state index is 0.767. The molecule has 1 aliphatic carbocycles. The van der Waals surface area contributed by atoms with Crippen molar-refractivity contribution in [2.75, 3.05) is 24.5 Å². The third kappa shape index (κ3) is 0.983. The molecule has 4 nitrogen and oxygen atoms in total. The fraction of sp³-hybridized carbons (Fsp3) is 0.667. The van der Waals surface area contributed by atoms with Gasteiger partial charge in [-0.2, -0.15) is 0 Å². The van der Waals surface area contributed by atoms with Crippen LogP contribution in [0.1, 0.15) is 0 Å². The summed E-state index contributed by atoms with van der Waals surface area (Å²) in [7, 11) is 0. The van der Waals surface area contributed by atoms with Crippen LogP contribution in [-0.4, -0.2) is 24.6 Å². The van der Waals surface area contributed by atoms with E-state index in [1.54, 1.807) is 12.5 Å². The molecule has 2 unspecified atom stereocenters. The number of anilines is 1. The lowest BCUT2D eigenvalue weighted by molar-refractivity contribution is 0.525. The maximum atomic E-state index is 5.63. The van der Waals surface area contributed by atoms with Crippen molar-refractivity contribution in [2.45, 2.75) is 0 Å². The molecule has 0 radical (unpaired) electrons. The van der Waals surface area contributed by atoms with Crippen LogP contribution in [0.15, 0.2) is 16.9 Å². The number of fused-ring (bicyclic) bond motifs is 1. The van der Waals surface area contributed by atoms with Crippen LogP contribution in [0, 0.1) is 17.8 Å². The van der Waals surface area contributed by atoms with Gasteiger partial charge in [-0.05, 0) is 24.3 Å². The molecule has 1 saturated heterocycles. The van der Waals surface area contributed by atoms with Crippen LogP contribution < -0.4 is 10.6 Å². The fourth-order valence-corrected chi connectivity index (χ4v) is 2.53. The Morgan fingerprint density at radius 3 is 2.85 bits per heavy atom. The molecule has 0 amide bonds. The van der Waals surface area contributed by atoms with E-state index in [0.717, 1.165) is 43.4 Å². The number of aromatic nitrogens is 1. The Bertz CT molecular complexity index is 286. The van der Waals surface area contributed by atoms with E-state index in [2.05, 4.69) is 9.88 Å². The highest BCUT2D eigenvalue weighted by molar-refractivity contribution is 5.32. The molecule has 0 spiro atoms. The molecular weight excluding hydrogens is 166 g/mol. The summed E-state index contributed by atoms with van der Waals surface area (Å²) in [5.74, 6) is 2.38. The molecule has 1 aromatic rings. The van der Waals surface area contributed by atoms with Gasteiger partial charge in [-0.3, -0.25) is 0 Å². The summed E-state index contributed by atoms with van der Waals surface area (Å²) in [6, 6.07) is 0.767. The SMILES string of the molecule is NCC1C2CN(c3ncco3)CC12. The molecule has 2 N–H and O–H groups in total. The number of hydrogen-bond acceptors (Lipinski definition) is 4. The topological polar surface area (TPSA) is 55.3 Å². The summed E-state index contributed by atoms with van der Waals surface area (Å²) in [4.78, 5) is 6.34. The van der Waals surface area contributed by atoms with Crippen LogP contribution in [0.4, 0.5) is 6.01 Å². The second-order valence-electron chi connectivity index (χ2n) is 3.95. The predicted octanol–water partition coefficient (Wildman–Crippen LogP) is 0.315. The zero-order valence-electron chi connectivity index (χ0n) is 7.39. The lowest BCUT2D eigenvalue weighted by atomic mass is 10.3. The van der Waals surface area contributed by atoms with Gasteiger partial charge >= 0.3 is 0 Å². The van der Waals surface area contributed by atoms with Crippen molar-refractivity contribution in [2.24, 2.45) is 23.5 Å². The first-order valence-corrected chi connectivity index (χ1v) is 4.74. The van der Waals surface area contributed by atoms with Gasteiger partial charge in [0, 0.05) is 13.1 Å². The lowest BCUT2D eigenvalue weighted by Crippen LogP contribution is -2.25. The van der Waals surface area contributed by atoms with Crippen LogP contribution in [0.2, 0.25) is 0 Å². The Labute approximate surface area is 76.7 Å². The molecule has 2 atom stereocenters. The third-order valence-electron chi connectivity index (χ3n) is 3.33. The van der Waals surface area contributed by atoms with Crippen LogP contribution in [-0.2, 0) is 0 Å². The standard InChI is InChI=1S/C9H13N3O/c10-3-6-7-4-12(5-8(6)7)9-11-1-2-13-9/h1-2,6-8H,3-5,10H2. The van der Waals surface area contributed by atoms with Crippen molar-refractivity contribution in [1.82, 2.24) is 4.98 Å². The average molecular weight is 179 g/mol. The number of rotatable bonds is 2. The van der Waals surface area contributed by atoms with E-state index in [9.17, 15) is 0 Å². The maximum absolute atomic E-state index is 5.63. The first-order chi connectivity index (χ1) is 6.40. The monoisotopic (exact) mass is 179 g/mol. The van der Waals surface area contributed by atoms with Gasteiger partial charge in [0.25, 0.3) is 6.01 Å². The summed E-state index contributed by atoms with van der Waals surface area (Å²) in [6.07, 6.45) is 3.32. The molecule has 2 aliphatic rings. The lowest BCUT2D eigenvalue weighted by Gasteiger charge is -2.16. The summed E-state index contributed by atoms with van der Waals surface area (Å²) in [6.45, 7) is 2.99. The Hall–Kier alpha value is -1.03. The Kier molecular flexibility index (Phi) is 1.41. The molecule has 0 bridgehead atoms. The summed E-state index contributed by atoms with van der Waals surface area (Å²) in [5, 5.41) is 0. The second kappa shape index (κ2) is 2.48. The molecule has 1 aromatic heterocycles. The Balaban J connectivity index is 1.68. The van der Waals surface area contributed by atoms with Crippen molar-refractivity contribution < 1.29 is 4.42 Å². The van der Waals surface area contributed by atoms with E-state index >= 15 is 0 Å². The van der Waals surface area contributed by atoms with E-state index in [0.29, 0.717) is 0 Å². The number of nitrogens with zero attached hydrogens (tertiary/aromatic N) is 2. The van der Waals surface area contributed by atoms with Gasteiger partial charge in [-0.1, -0.05) is 0 Å². The number of hydrogen-bond donors (Lipinski definition) is 1. The van der Waals surface area contributed by atoms with E-state index in [1.165, 1.54) is 0 Å². The largest absolute Gasteiger partial charge is 0.432 e.